The van der Waals surface area contributed by atoms with Crippen LogP contribution in [0.1, 0.15) is 32.1 Å². The van der Waals surface area contributed by atoms with Gasteiger partial charge in [-0.2, -0.15) is 5.26 Å². The molecule has 0 heterocycles. The lowest BCUT2D eigenvalue weighted by Gasteiger charge is -2.39. The fraction of sp³-hybridized carbons (Fsp3) is 0.526. The van der Waals surface area contributed by atoms with Crippen molar-refractivity contribution in [2.24, 2.45) is 0 Å². The van der Waals surface area contributed by atoms with Crippen LogP contribution in [-0.2, 0) is 9.59 Å². The van der Waals surface area contributed by atoms with Gasteiger partial charge in [-0.05, 0) is 32.0 Å². The fourth-order valence-electron chi connectivity index (χ4n) is 3.35. The molecule has 0 bridgehead atoms. The van der Waals surface area contributed by atoms with Crippen molar-refractivity contribution in [1.82, 2.24) is 9.80 Å². The van der Waals surface area contributed by atoms with E-state index in [0.717, 1.165) is 25.3 Å². The standard InChI is InChI=1S/C19H23F3N4O2/c1-25(10-15(27)24-14-7-6-13(20)17(21)18(14)22)11-16(28)26(2)19(12-23)8-4-3-5-9-19/h6-7H,3-5,8-11H2,1-2H3,(H,24,27). The van der Waals surface area contributed by atoms with Crippen molar-refractivity contribution < 1.29 is 22.8 Å². The van der Waals surface area contributed by atoms with E-state index in [1.54, 1.807) is 7.05 Å². The zero-order chi connectivity index (χ0) is 20.9. The Morgan fingerprint density at radius 1 is 1.11 bits per heavy atom. The maximum absolute atomic E-state index is 13.6. The smallest absolute Gasteiger partial charge is 0.238 e. The number of benzene rings is 1. The fourth-order valence-corrected chi connectivity index (χ4v) is 3.35. The van der Waals surface area contributed by atoms with Crippen molar-refractivity contribution >= 4 is 17.5 Å². The molecule has 6 nitrogen and oxygen atoms in total. The summed E-state index contributed by atoms with van der Waals surface area (Å²) in [6.07, 6.45) is 4.02. The molecule has 1 aliphatic rings. The molecular formula is C19H23F3N4O2. The van der Waals surface area contributed by atoms with Crippen LogP contribution in [-0.4, -0.2) is 54.3 Å². The van der Waals surface area contributed by atoms with Gasteiger partial charge in [-0.3, -0.25) is 14.5 Å². The van der Waals surface area contributed by atoms with Crippen molar-refractivity contribution in [2.75, 3.05) is 32.5 Å². The number of nitrogens with zero attached hydrogens (tertiary/aromatic N) is 3. The van der Waals surface area contributed by atoms with Crippen molar-refractivity contribution in [3.63, 3.8) is 0 Å². The molecule has 9 heteroatoms. The second kappa shape index (κ2) is 9.06. The second-order valence-electron chi connectivity index (χ2n) is 7.10. The van der Waals surface area contributed by atoms with Crippen LogP contribution >= 0.6 is 0 Å². The Morgan fingerprint density at radius 2 is 1.75 bits per heavy atom. The minimum atomic E-state index is -1.67. The van der Waals surface area contributed by atoms with Gasteiger partial charge in [0.25, 0.3) is 0 Å². The third-order valence-electron chi connectivity index (χ3n) is 5.03. The van der Waals surface area contributed by atoms with Crippen LogP contribution in [0.25, 0.3) is 0 Å². The first kappa shape index (κ1) is 21.7. The summed E-state index contributed by atoms with van der Waals surface area (Å²) in [7, 11) is 3.11. The maximum atomic E-state index is 13.6. The van der Waals surface area contributed by atoms with E-state index in [1.165, 1.54) is 16.8 Å². The van der Waals surface area contributed by atoms with E-state index in [4.69, 9.17) is 0 Å². The number of likely N-dealkylation sites (N-methyl/N-ethyl adjacent to an activating group) is 2. The average Bonchev–Trinajstić information content (AvgIpc) is 2.68. The van der Waals surface area contributed by atoms with Gasteiger partial charge in [-0.25, -0.2) is 13.2 Å². The molecule has 0 aliphatic heterocycles. The van der Waals surface area contributed by atoms with E-state index >= 15 is 0 Å². The topological polar surface area (TPSA) is 76.4 Å². The van der Waals surface area contributed by atoms with E-state index in [0.29, 0.717) is 18.9 Å². The first-order chi connectivity index (χ1) is 13.2. The molecule has 1 aromatic carbocycles. The van der Waals surface area contributed by atoms with Crippen molar-refractivity contribution in [1.29, 1.82) is 5.26 Å². The van der Waals surface area contributed by atoms with Gasteiger partial charge >= 0.3 is 0 Å². The Labute approximate surface area is 161 Å². The summed E-state index contributed by atoms with van der Waals surface area (Å²) in [4.78, 5) is 27.4. The van der Waals surface area contributed by atoms with Gasteiger partial charge in [0.2, 0.25) is 11.8 Å². The van der Waals surface area contributed by atoms with Crippen LogP contribution in [0.5, 0.6) is 0 Å². The summed E-state index contributed by atoms with van der Waals surface area (Å²) < 4.78 is 39.8. The number of carbonyl (C=O) groups excluding carboxylic acids is 2. The molecule has 0 unspecified atom stereocenters. The second-order valence-corrected chi connectivity index (χ2v) is 7.10. The summed E-state index contributed by atoms with van der Waals surface area (Å²) in [5.74, 6) is -5.50. The number of carbonyl (C=O) groups is 2. The molecule has 1 N–H and O–H groups in total. The number of nitrogens with one attached hydrogen (secondary N) is 1. The number of hydrogen-bond acceptors (Lipinski definition) is 4. The molecule has 0 aromatic heterocycles. The summed E-state index contributed by atoms with van der Waals surface area (Å²) >= 11 is 0. The van der Waals surface area contributed by atoms with E-state index in [9.17, 15) is 28.0 Å². The van der Waals surface area contributed by atoms with Gasteiger partial charge in [-0.15, -0.1) is 0 Å². The van der Waals surface area contributed by atoms with Crippen molar-refractivity contribution in [2.45, 2.75) is 37.6 Å². The Morgan fingerprint density at radius 3 is 2.36 bits per heavy atom. The van der Waals surface area contributed by atoms with Crippen LogP contribution in [0.2, 0.25) is 0 Å². The SMILES string of the molecule is CN(CC(=O)Nc1ccc(F)c(F)c1F)CC(=O)N(C)C1(C#N)CCCCC1. The van der Waals surface area contributed by atoms with Gasteiger partial charge < -0.3 is 10.2 Å². The lowest BCUT2D eigenvalue weighted by Crippen LogP contribution is -2.52. The van der Waals surface area contributed by atoms with Gasteiger partial charge in [0.1, 0.15) is 5.54 Å². The third-order valence-corrected chi connectivity index (χ3v) is 5.03. The molecule has 1 fully saturated rings. The molecule has 2 rings (SSSR count). The van der Waals surface area contributed by atoms with Crippen molar-refractivity contribution in [3.05, 3.63) is 29.6 Å². The minimum Gasteiger partial charge on any atom is -0.326 e. The molecule has 28 heavy (non-hydrogen) atoms. The highest BCUT2D eigenvalue weighted by molar-refractivity contribution is 5.92. The van der Waals surface area contributed by atoms with Crippen LogP contribution in [0.15, 0.2) is 12.1 Å². The highest BCUT2D eigenvalue weighted by Crippen LogP contribution is 2.32. The molecule has 1 aromatic rings. The number of rotatable bonds is 6. The number of amides is 2. The summed E-state index contributed by atoms with van der Waals surface area (Å²) in [5, 5.41) is 11.7. The average molecular weight is 396 g/mol. The summed E-state index contributed by atoms with van der Waals surface area (Å²) in [6.45, 7) is -0.384. The Bertz CT molecular complexity index is 788. The molecule has 1 saturated carbocycles. The largest absolute Gasteiger partial charge is 0.326 e. The molecule has 0 spiro atoms. The number of nitriles is 1. The Balaban J connectivity index is 1.93. The number of hydrogen-bond donors (Lipinski definition) is 1. The maximum Gasteiger partial charge on any atom is 0.238 e. The zero-order valence-corrected chi connectivity index (χ0v) is 15.9. The van der Waals surface area contributed by atoms with Gasteiger partial charge in [-0.1, -0.05) is 19.3 Å². The highest BCUT2D eigenvalue weighted by Gasteiger charge is 2.38. The minimum absolute atomic E-state index is 0.117. The molecule has 0 radical (unpaired) electrons. The van der Waals surface area contributed by atoms with Crippen molar-refractivity contribution in [3.8, 4) is 6.07 Å². The molecule has 2 amide bonds. The normalized spacial score (nSPS) is 15.8. The molecule has 0 saturated heterocycles. The number of anilines is 1. The molecular weight excluding hydrogens is 373 g/mol. The van der Waals surface area contributed by atoms with E-state index < -0.39 is 34.6 Å². The lowest BCUT2D eigenvalue weighted by atomic mass is 9.81. The number of halogens is 3. The van der Waals surface area contributed by atoms with E-state index in [1.807, 2.05) is 0 Å². The van der Waals surface area contributed by atoms with E-state index in [2.05, 4.69) is 11.4 Å². The molecule has 152 valence electrons. The third kappa shape index (κ3) is 4.81. The Hall–Kier alpha value is -2.60. The summed E-state index contributed by atoms with van der Waals surface area (Å²) in [6, 6.07) is 3.89. The van der Waals surface area contributed by atoms with Crippen LogP contribution in [0.3, 0.4) is 0 Å². The Kier molecular flexibility index (Phi) is 7.02. The quantitative estimate of drug-likeness (QED) is 0.750. The van der Waals surface area contributed by atoms with Crippen LogP contribution < -0.4 is 5.32 Å². The first-order valence-corrected chi connectivity index (χ1v) is 9.00. The molecule has 0 atom stereocenters. The zero-order valence-electron chi connectivity index (χ0n) is 15.9. The first-order valence-electron chi connectivity index (χ1n) is 9.00. The van der Waals surface area contributed by atoms with Crippen LogP contribution in [0.4, 0.5) is 18.9 Å². The predicted octanol–water partition coefficient (Wildman–Crippen LogP) is 2.66. The van der Waals surface area contributed by atoms with Gasteiger partial charge in [0.05, 0.1) is 24.8 Å². The van der Waals surface area contributed by atoms with Gasteiger partial charge in [0.15, 0.2) is 17.5 Å². The van der Waals surface area contributed by atoms with E-state index in [-0.39, 0.29) is 19.0 Å². The van der Waals surface area contributed by atoms with Crippen LogP contribution in [0, 0.1) is 28.8 Å². The summed E-state index contributed by atoms with van der Waals surface area (Å²) in [5.41, 5.74) is -1.31. The lowest BCUT2D eigenvalue weighted by molar-refractivity contribution is -0.136. The predicted molar refractivity (Wildman–Crippen MR) is 96.6 cm³/mol. The molecule has 1 aliphatic carbocycles. The monoisotopic (exact) mass is 396 g/mol. The highest BCUT2D eigenvalue weighted by atomic mass is 19.2. The van der Waals surface area contributed by atoms with Gasteiger partial charge in [0, 0.05) is 7.05 Å².